The second kappa shape index (κ2) is 11.8. The van der Waals surface area contributed by atoms with E-state index in [-0.39, 0.29) is 28.0 Å². The largest absolute Gasteiger partial charge is 0.400 e. The second-order valence-corrected chi connectivity index (χ2v) is 9.52. The zero-order chi connectivity index (χ0) is 29.1. The first-order valence-corrected chi connectivity index (χ1v) is 12.5. The maximum absolute atomic E-state index is 14.7. The third-order valence-corrected chi connectivity index (χ3v) is 6.67. The van der Waals surface area contributed by atoms with Crippen molar-refractivity contribution in [3.05, 3.63) is 82.2 Å². The van der Waals surface area contributed by atoms with Crippen molar-refractivity contribution < 1.29 is 22.8 Å². The Morgan fingerprint density at radius 2 is 1.98 bits per heavy atom. The summed E-state index contributed by atoms with van der Waals surface area (Å²) in [4.78, 5) is 34.2. The minimum Gasteiger partial charge on any atom is -0.400 e. The number of hydrogen-bond donors (Lipinski definition) is 3. The summed E-state index contributed by atoms with van der Waals surface area (Å²) in [6.45, 7) is 4.09. The van der Waals surface area contributed by atoms with Crippen molar-refractivity contribution >= 4 is 29.1 Å². The van der Waals surface area contributed by atoms with Gasteiger partial charge in [-0.1, -0.05) is 17.7 Å². The number of amides is 2. The van der Waals surface area contributed by atoms with Gasteiger partial charge in [-0.15, -0.1) is 0 Å². The molecule has 0 spiro atoms. The summed E-state index contributed by atoms with van der Waals surface area (Å²) in [5.74, 6) is -1.52. The zero-order valence-corrected chi connectivity index (χ0v) is 22.3. The zero-order valence-electron chi connectivity index (χ0n) is 21.5. The van der Waals surface area contributed by atoms with Crippen LogP contribution in [-0.2, 0) is 4.79 Å². The van der Waals surface area contributed by atoms with Gasteiger partial charge in [0.25, 0.3) is 12.3 Å². The van der Waals surface area contributed by atoms with Crippen LogP contribution >= 0.6 is 11.6 Å². The highest BCUT2D eigenvalue weighted by Gasteiger charge is 2.24. The van der Waals surface area contributed by atoms with E-state index in [2.05, 4.69) is 20.4 Å². The molecule has 1 fully saturated rings. The van der Waals surface area contributed by atoms with Crippen LogP contribution in [0.2, 0.25) is 5.02 Å². The fourth-order valence-corrected chi connectivity index (χ4v) is 4.28. The molecule has 1 aromatic carbocycles. The van der Waals surface area contributed by atoms with E-state index < -0.39 is 35.3 Å². The van der Waals surface area contributed by atoms with Crippen LogP contribution in [0.4, 0.5) is 18.9 Å². The molecule has 210 valence electrons. The van der Waals surface area contributed by atoms with Crippen LogP contribution in [-0.4, -0.2) is 43.0 Å². The molecule has 5 N–H and O–H groups in total. The van der Waals surface area contributed by atoms with Gasteiger partial charge >= 0.3 is 0 Å². The Balaban J connectivity index is 1.51. The molecule has 1 aliphatic rings. The number of nitrogens with zero attached hydrogens (tertiary/aromatic N) is 5. The van der Waals surface area contributed by atoms with Crippen molar-refractivity contribution in [1.29, 1.82) is 0 Å². The number of nitrogens with two attached hydrogens (primary N) is 2. The molecule has 1 unspecified atom stereocenters. The van der Waals surface area contributed by atoms with Crippen molar-refractivity contribution in [1.82, 2.24) is 24.6 Å². The molecule has 0 saturated carbocycles. The minimum atomic E-state index is -3.01. The smallest absolute Gasteiger partial charge is 0.275 e. The lowest BCUT2D eigenvalue weighted by molar-refractivity contribution is -0.126. The predicted octanol–water partition coefficient (Wildman–Crippen LogP) is 4.54. The third kappa shape index (κ3) is 5.93. The van der Waals surface area contributed by atoms with Crippen LogP contribution < -0.4 is 16.8 Å². The number of likely N-dealkylation sites (tertiary alicyclic amines) is 1. The number of allylic oxidation sites excluding steroid dienone is 3. The highest BCUT2D eigenvalue weighted by molar-refractivity contribution is 6.31. The maximum Gasteiger partial charge on any atom is 0.275 e. The van der Waals surface area contributed by atoms with E-state index in [0.717, 1.165) is 30.9 Å². The van der Waals surface area contributed by atoms with E-state index >= 15 is 0 Å². The molecule has 2 amide bonds. The van der Waals surface area contributed by atoms with Crippen molar-refractivity contribution in [2.24, 2.45) is 11.5 Å². The Morgan fingerprint density at radius 1 is 1.23 bits per heavy atom. The lowest BCUT2D eigenvalue weighted by Gasteiger charge is -2.18. The van der Waals surface area contributed by atoms with Crippen molar-refractivity contribution in [3.8, 4) is 11.3 Å². The minimum absolute atomic E-state index is 0.0354. The number of nitrogens with one attached hydrogen (secondary N) is 1. The van der Waals surface area contributed by atoms with Crippen LogP contribution in [0.3, 0.4) is 0 Å². The Hall–Kier alpha value is -4.39. The van der Waals surface area contributed by atoms with Crippen LogP contribution in [0.5, 0.6) is 0 Å². The van der Waals surface area contributed by atoms with Crippen molar-refractivity contribution in [2.45, 2.75) is 39.2 Å². The molecule has 3 aromatic rings. The monoisotopic (exact) mass is 574 g/mol. The molecule has 0 bridgehead atoms. The number of halogens is 4. The number of aromatic nitrogens is 4. The molecule has 40 heavy (non-hydrogen) atoms. The maximum atomic E-state index is 14.7. The average molecular weight is 575 g/mol. The lowest BCUT2D eigenvalue weighted by Crippen LogP contribution is -2.29. The van der Waals surface area contributed by atoms with Gasteiger partial charge < -0.3 is 16.8 Å². The topological polar surface area (TPSA) is 145 Å². The first-order valence-electron chi connectivity index (χ1n) is 12.2. The van der Waals surface area contributed by atoms with E-state index in [9.17, 15) is 22.8 Å². The number of carbonyl (C=O) groups is 2. The van der Waals surface area contributed by atoms with E-state index in [0.29, 0.717) is 30.1 Å². The molecule has 1 saturated heterocycles. The van der Waals surface area contributed by atoms with Gasteiger partial charge in [0.05, 0.1) is 41.0 Å². The number of anilines is 1. The second-order valence-electron chi connectivity index (χ2n) is 9.12. The summed E-state index contributed by atoms with van der Waals surface area (Å²) in [6.07, 6.45) is 4.94. The fraction of sp³-hybridized carbons (Fsp3) is 0.269. The molecule has 1 aliphatic heterocycles. The lowest BCUT2D eigenvalue weighted by atomic mass is 10.0. The van der Waals surface area contributed by atoms with Crippen LogP contribution in [0.15, 0.2) is 60.1 Å². The third-order valence-electron chi connectivity index (χ3n) is 6.38. The van der Waals surface area contributed by atoms with Gasteiger partial charge in [0, 0.05) is 36.0 Å². The summed E-state index contributed by atoms with van der Waals surface area (Å²) in [5, 5.41) is 6.45. The summed E-state index contributed by atoms with van der Waals surface area (Å²) in [5.41, 5.74) is 12.0. The highest BCUT2D eigenvalue weighted by atomic mass is 35.5. The first kappa shape index (κ1) is 28.6. The van der Waals surface area contributed by atoms with Crippen LogP contribution in [0.1, 0.15) is 55.2 Å². The molecule has 4 rings (SSSR count). The molecule has 14 heteroatoms. The quantitative estimate of drug-likeness (QED) is 0.335. The normalized spacial score (nSPS) is 15.4. The fourth-order valence-electron chi connectivity index (χ4n) is 4.13. The van der Waals surface area contributed by atoms with E-state index in [1.54, 1.807) is 19.9 Å². The van der Waals surface area contributed by atoms with E-state index in [4.69, 9.17) is 23.1 Å². The predicted molar refractivity (Wildman–Crippen MR) is 142 cm³/mol. The van der Waals surface area contributed by atoms with E-state index in [1.807, 2.05) is 0 Å². The first-order chi connectivity index (χ1) is 19.0. The van der Waals surface area contributed by atoms with Gasteiger partial charge in [-0.25, -0.2) is 18.2 Å². The van der Waals surface area contributed by atoms with Gasteiger partial charge in [0.15, 0.2) is 5.82 Å². The number of benzene rings is 1. The molecule has 3 heterocycles. The van der Waals surface area contributed by atoms with Crippen molar-refractivity contribution in [2.75, 3.05) is 11.9 Å². The molecular formula is C26H26ClF3N8O2. The standard InChI is InChI=1S/C26H26ClF3N8O2/c1-13(25(32)37-7-3-4-21(37)39)8-18(31)14(2)38-12-15(9-34-38)35-26(40)20-11-33-10-19(36-20)22-16(24(29)30)5-6-17(27)23(22)28/h5-6,8-12,14,24H,3-4,7,31-32H2,1-2H3,(H,35,40)/b18-8-,25-13+. The average Bonchev–Trinajstić information content (AvgIpc) is 3.57. The molecular weight excluding hydrogens is 549 g/mol. The van der Waals surface area contributed by atoms with Crippen LogP contribution in [0.25, 0.3) is 11.3 Å². The van der Waals surface area contributed by atoms with Gasteiger partial charge in [0.1, 0.15) is 11.5 Å². The van der Waals surface area contributed by atoms with E-state index in [1.165, 1.54) is 22.0 Å². The van der Waals surface area contributed by atoms with Crippen molar-refractivity contribution in [3.63, 3.8) is 0 Å². The Bertz CT molecular complexity index is 1520. The summed E-state index contributed by atoms with van der Waals surface area (Å²) < 4.78 is 43.2. The highest BCUT2D eigenvalue weighted by Crippen LogP contribution is 2.35. The van der Waals surface area contributed by atoms with Gasteiger partial charge in [-0.3, -0.25) is 24.2 Å². The Labute approximate surface area is 232 Å². The SMILES string of the molecule is CC(/C=C(\N)C(C)n1cc(NC(=O)c2cncc(-c3c(C(F)F)ccc(Cl)c3F)n2)cn1)=C(/N)N1CCCC1=O. The number of alkyl halides is 2. The number of hydrogen-bond acceptors (Lipinski definition) is 7. The van der Waals surface area contributed by atoms with Crippen LogP contribution in [0, 0.1) is 5.82 Å². The molecule has 1 atom stereocenters. The Kier molecular flexibility index (Phi) is 8.43. The van der Waals surface area contributed by atoms with Gasteiger partial charge in [-0.05, 0) is 38.0 Å². The van der Waals surface area contributed by atoms with Gasteiger partial charge in [0.2, 0.25) is 5.91 Å². The summed E-state index contributed by atoms with van der Waals surface area (Å²) in [7, 11) is 0. The number of carbonyl (C=O) groups excluding carboxylic acids is 2. The Morgan fingerprint density at radius 3 is 2.65 bits per heavy atom. The van der Waals surface area contributed by atoms with Gasteiger partial charge in [-0.2, -0.15) is 5.10 Å². The number of rotatable bonds is 8. The summed E-state index contributed by atoms with van der Waals surface area (Å²) in [6, 6.07) is 1.57. The molecule has 0 aliphatic carbocycles. The molecule has 0 radical (unpaired) electrons. The molecule has 2 aromatic heterocycles. The summed E-state index contributed by atoms with van der Waals surface area (Å²) >= 11 is 5.78. The molecule has 10 nitrogen and oxygen atoms in total.